The number of amides is 4. The SMILES string of the molecule is CC(OCCOc1ccc(N2C(=O)[C@@H]3[C@H](C2=O)[C@H]2C=C[C@@H]3C2)cc1)Oc1ccc(N2C(=O)C3[C@@H]4C=C[C@@H](C4)[C@H]3C2=O)cc1. The molecule has 2 heterocycles. The highest BCUT2D eigenvalue weighted by Crippen LogP contribution is 2.54. The van der Waals surface area contributed by atoms with Crippen LogP contribution in [0.25, 0.3) is 0 Å². The number of carbonyl (C=O) groups is 4. The molecule has 0 aromatic heterocycles. The van der Waals surface area contributed by atoms with Crippen molar-refractivity contribution in [3.05, 3.63) is 72.8 Å². The lowest BCUT2D eigenvalue weighted by molar-refractivity contribution is -0.124. The fourth-order valence-electron chi connectivity index (χ4n) is 8.28. The van der Waals surface area contributed by atoms with E-state index in [1.54, 1.807) is 55.5 Å². The molecule has 220 valence electrons. The average molecular weight is 581 g/mol. The third kappa shape index (κ3) is 4.08. The quantitative estimate of drug-likeness (QED) is 0.190. The van der Waals surface area contributed by atoms with Gasteiger partial charge in [-0.15, -0.1) is 0 Å². The Bertz CT molecular complexity index is 1500. The number of hydrogen-bond donors (Lipinski definition) is 0. The first kappa shape index (κ1) is 26.4. The molecule has 8 rings (SSSR count). The molecule has 4 bridgehead atoms. The lowest BCUT2D eigenvalue weighted by atomic mass is 9.85. The van der Waals surface area contributed by atoms with E-state index in [2.05, 4.69) is 24.3 Å². The highest BCUT2D eigenvalue weighted by Gasteiger charge is 2.60. The Kier molecular flexibility index (Phi) is 6.08. The van der Waals surface area contributed by atoms with E-state index in [1.807, 2.05) is 0 Å². The number of anilines is 2. The summed E-state index contributed by atoms with van der Waals surface area (Å²) in [5, 5.41) is 0. The van der Waals surface area contributed by atoms with Gasteiger partial charge in [-0.25, -0.2) is 0 Å². The number of rotatable bonds is 9. The van der Waals surface area contributed by atoms with Crippen molar-refractivity contribution >= 4 is 35.0 Å². The summed E-state index contributed by atoms with van der Waals surface area (Å²) in [7, 11) is 0. The minimum Gasteiger partial charge on any atom is -0.491 e. The first-order valence-electron chi connectivity index (χ1n) is 15.1. The van der Waals surface area contributed by atoms with E-state index >= 15 is 0 Å². The molecule has 9 heteroatoms. The van der Waals surface area contributed by atoms with Gasteiger partial charge in [0.25, 0.3) is 0 Å². The molecule has 2 unspecified atom stereocenters. The standard InChI is InChI=1S/C34H32N2O7/c1-18(43-26-12-8-24(9-13-26)36-33(39)29-21-4-5-22(17-21)30(29)34(36)40)41-14-15-42-25-10-6-23(7-11-25)35-31(37)27-19-2-3-20(16-19)28(27)32(35)38/h2-13,18-22,27-30H,14-17H2,1H3/t18?,19-,20+,21-,22+,27+,28-,29+,30?/m0/s1. The van der Waals surface area contributed by atoms with Gasteiger partial charge < -0.3 is 14.2 Å². The van der Waals surface area contributed by atoms with Crippen LogP contribution in [0.5, 0.6) is 11.5 Å². The number of nitrogens with zero attached hydrogens (tertiary/aromatic N) is 2. The van der Waals surface area contributed by atoms with E-state index in [9.17, 15) is 19.2 Å². The van der Waals surface area contributed by atoms with Crippen LogP contribution in [-0.2, 0) is 23.9 Å². The normalized spacial score (nSPS) is 33.6. The number of imide groups is 2. The summed E-state index contributed by atoms with van der Waals surface area (Å²) >= 11 is 0. The molecule has 2 aromatic rings. The van der Waals surface area contributed by atoms with E-state index in [-0.39, 0.29) is 84.2 Å². The molecule has 2 aromatic carbocycles. The lowest BCUT2D eigenvalue weighted by Gasteiger charge is -2.19. The van der Waals surface area contributed by atoms with E-state index in [1.165, 1.54) is 9.80 Å². The maximum Gasteiger partial charge on any atom is 0.238 e. The maximum absolute atomic E-state index is 13.0. The summed E-state index contributed by atoms with van der Waals surface area (Å²) in [6.45, 7) is 2.34. The van der Waals surface area contributed by atoms with Gasteiger partial charge in [0.05, 0.1) is 41.7 Å². The molecule has 0 spiro atoms. The Labute approximate surface area is 249 Å². The van der Waals surface area contributed by atoms with Gasteiger partial charge in [-0.3, -0.25) is 29.0 Å². The van der Waals surface area contributed by atoms with Crippen LogP contribution in [0.3, 0.4) is 0 Å². The zero-order valence-electron chi connectivity index (χ0n) is 23.7. The van der Waals surface area contributed by atoms with Crippen LogP contribution in [-0.4, -0.2) is 43.1 Å². The number of carbonyl (C=O) groups excluding carboxylic acids is 4. The van der Waals surface area contributed by atoms with E-state index in [0.29, 0.717) is 22.9 Å². The summed E-state index contributed by atoms with van der Waals surface area (Å²) in [6.07, 6.45) is 9.63. The predicted molar refractivity (Wildman–Crippen MR) is 155 cm³/mol. The van der Waals surface area contributed by atoms with E-state index in [4.69, 9.17) is 14.2 Å². The first-order chi connectivity index (χ1) is 20.9. The van der Waals surface area contributed by atoms with Crippen LogP contribution < -0.4 is 19.3 Å². The molecule has 9 atom stereocenters. The average Bonchev–Trinajstić information content (AvgIpc) is 3.85. The van der Waals surface area contributed by atoms with Crippen molar-refractivity contribution in [2.24, 2.45) is 47.3 Å². The van der Waals surface area contributed by atoms with Gasteiger partial charge in [0.2, 0.25) is 23.6 Å². The van der Waals surface area contributed by atoms with Gasteiger partial charge in [0.15, 0.2) is 6.29 Å². The molecule has 2 saturated carbocycles. The molecule has 4 aliphatic carbocycles. The van der Waals surface area contributed by atoms with Crippen LogP contribution in [0.4, 0.5) is 11.4 Å². The minimum atomic E-state index is -0.552. The maximum atomic E-state index is 13.0. The second-order valence-electron chi connectivity index (χ2n) is 12.4. The fraction of sp³-hybridized carbons (Fsp3) is 0.412. The molecule has 0 N–H and O–H groups in total. The number of ether oxygens (including phenoxy) is 3. The second-order valence-corrected chi connectivity index (χ2v) is 12.4. The largest absolute Gasteiger partial charge is 0.491 e. The van der Waals surface area contributed by atoms with Gasteiger partial charge in [-0.2, -0.15) is 0 Å². The molecule has 2 aliphatic heterocycles. The number of hydrogen-bond acceptors (Lipinski definition) is 7. The third-order valence-electron chi connectivity index (χ3n) is 10.1. The van der Waals surface area contributed by atoms with Crippen LogP contribution in [0.15, 0.2) is 72.8 Å². The molecular formula is C34H32N2O7. The van der Waals surface area contributed by atoms with Gasteiger partial charge >= 0.3 is 0 Å². The smallest absolute Gasteiger partial charge is 0.238 e. The van der Waals surface area contributed by atoms with Crippen LogP contribution >= 0.6 is 0 Å². The topological polar surface area (TPSA) is 102 Å². The molecule has 4 amide bonds. The Hall–Kier alpha value is -4.24. The highest BCUT2D eigenvalue weighted by molar-refractivity contribution is 6.23. The minimum absolute atomic E-state index is 0.0952. The van der Waals surface area contributed by atoms with Crippen LogP contribution in [0.2, 0.25) is 0 Å². The number of benzene rings is 2. The van der Waals surface area contributed by atoms with E-state index < -0.39 is 6.29 Å². The molecule has 4 fully saturated rings. The first-order valence-corrected chi connectivity index (χ1v) is 15.1. The van der Waals surface area contributed by atoms with Gasteiger partial charge in [-0.1, -0.05) is 24.3 Å². The summed E-state index contributed by atoms with van der Waals surface area (Å²) in [6, 6.07) is 13.9. The van der Waals surface area contributed by atoms with Crippen molar-refractivity contribution in [1.82, 2.24) is 0 Å². The molecule has 6 aliphatic rings. The fourth-order valence-corrected chi connectivity index (χ4v) is 8.28. The third-order valence-corrected chi connectivity index (χ3v) is 10.1. The number of fused-ring (bicyclic) bond motifs is 10. The lowest BCUT2D eigenvalue weighted by Crippen LogP contribution is -2.32. The Morgan fingerprint density at radius 1 is 0.605 bits per heavy atom. The summed E-state index contributed by atoms with van der Waals surface area (Å²) in [4.78, 5) is 54.8. The van der Waals surface area contributed by atoms with Gasteiger partial charge in [-0.05, 0) is 92.0 Å². The van der Waals surface area contributed by atoms with Crippen molar-refractivity contribution in [3.63, 3.8) is 0 Å². The van der Waals surface area contributed by atoms with Crippen LogP contribution in [0.1, 0.15) is 19.8 Å². The van der Waals surface area contributed by atoms with Crippen molar-refractivity contribution in [2.45, 2.75) is 26.1 Å². The van der Waals surface area contributed by atoms with Gasteiger partial charge in [0.1, 0.15) is 18.1 Å². The molecule has 0 radical (unpaired) electrons. The molecule has 43 heavy (non-hydrogen) atoms. The Balaban J connectivity index is 0.804. The van der Waals surface area contributed by atoms with Crippen molar-refractivity contribution < 1.29 is 33.4 Å². The Morgan fingerprint density at radius 2 is 1.00 bits per heavy atom. The Morgan fingerprint density at radius 3 is 1.42 bits per heavy atom. The molecule has 2 saturated heterocycles. The second kappa shape index (κ2) is 9.91. The predicted octanol–water partition coefficient (Wildman–Crippen LogP) is 4.13. The molecular weight excluding hydrogens is 548 g/mol. The summed E-state index contributed by atoms with van der Waals surface area (Å²) in [5.41, 5.74) is 1.14. The summed E-state index contributed by atoms with van der Waals surface area (Å²) < 4.78 is 17.4. The van der Waals surface area contributed by atoms with Crippen molar-refractivity contribution in [1.29, 1.82) is 0 Å². The molecule has 9 nitrogen and oxygen atoms in total. The number of allylic oxidation sites excluding steroid dienone is 4. The summed E-state index contributed by atoms with van der Waals surface area (Å²) in [5.74, 6) is 0.622. The van der Waals surface area contributed by atoms with E-state index in [0.717, 1.165) is 12.8 Å². The zero-order chi connectivity index (χ0) is 29.4. The van der Waals surface area contributed by atoms with Crippen molar-refractivity contribution in [3.8, 4) is 11.5 Å². The zero-order valence-corrected chi connectivity index (χ0v) is 23.7. The highest BCUT2D eigenvalue weighted by atomic mass is 16.7. The monoisotopic (exact) mass is 580 g/mol. The van der Waals surface area contributed by atoms with Gasteiger partial charge in [0, 0.05) is 0 Å². The van der Waals surface area contributed by atoms with Crippen molar-refractivity contribution in [2.75, 3.05) is 23.0 Å². The van der Waals surface area contributed by atoms with Crippen LogP contribution in [0, 0.1) is 47.3 Å².